The third-order valence-electron chi connectivity index (χ3n) is 4.93. The van der Waals surface area contributed by atoms with Crippen LogP contribution in [0.3, 0.4) is 0 Å². The second kappa shape index (κ2) is 9.16. The Labute approximate surface area is 181 Å². The van der Waals surface area contributed by atoms with Gasteiger partial charge in [0.25, 0.3) is 5.91 Å². The Hall–Kier alpha value is -3.76. The number of rotatable bonds is 5. The predicted octanol–water partition coefficient (Wildman–Crippen LogP) is 2.54. The van der Waals surface area contributed by atoms with Gasteiger partial charge in [0.2, 0.25) is 11.8 Å². The molecule has 2 aromatic carbocycles. The molecule has 1 atom stereocenters. The summed E-state index contributed by atoms with van der Waals surface area (Å²) < 4.78 is 49.0. The van der Waals surface area contributed by atoms with Crippen LogP contribution in [0.5, 0.6) is 11.5 Å². The van der Waals surface area contributed by atoms with Crippen molar-refractivity contribution >= 4 is 23.4 Å². The maximum atomic E-state index is 12.9. The maximum Gasteiger partial charge on any atom is 0.416 e. The molecule has 0 saturated carbocycles. The molecule has 1 aliphatic heterocycles. The first kappa shape index (κ1) is 22.9. The van der Waals surface area contributed by atoms with E-state index in [1.165, 1.54) is 44.6 Å². The number of hydrazine groups is 1. The van der Waals surface area contributed by atoms with Gasteiger partial charge in [0.1, 0.15) is 0 Å². The van der Waals surface area contributed by atoms with Gasteiger partial charge in [-0.2, -0.15) is 13.2 Å². The Morgan fingerprint density at radius 3 is 2.41 bits per heavy atom. The summed E-state index contributed by atoms with van der Waals surface area (Å²) >= 11 is 0. The van der Waals surface area contributed by atoms with Crippen LogP contribution in [0.2, 0.25) is 0 Å². The minimum absolute atomic E-state index is 0.0505. The largest absolute Gasteiger partial charge is 0.493 e. The number of methoxy groups -OCH3 is 2. The average Bonchev–Trinajstić information content (AvgIpc) is 3.17. The summed E-state index contributed by atoms with van der Waals surface area (Å²) in [5.74, 6) is -1.85. The molecule has 3 amide bonds. The molecule has 2 aromatic rings. The quantitative estimate of drug-likeness (QED) is 0.681. The van der Waals surface area contributed by atoms with Gasteiger partial charge in [0.05, 0.1) is 25.7 Å². The molecule has 1 saturated heterocycles. The van der Waals surface area contributed by atoms with Gasteiger partial charge in [0.15, 0.2) is 11.5 Å². The summed E-state index contributed by atoms with van der Waals surface area (Å²) in [5, 5.41) is 0. The molecule has 0 bridgehead atoms. The third-order valence-corrected chi connectivity index (χ3v) is 4.93. The lowest BCUT2D eigenvalue weighted by atomic mass is 10.1. The summed E-state index contributed by atoms with van der Waals surface area (Å²) in [6.07, 6.45) is -4.75. The van der Waals surface area contributed by atoms with E-state index < -0.39 is 35.4 Å². The molecule has 0 radical (unpaired) electrons. The molecule has 1 fully saturated rings. The van der Waals surface area contributed by atoms with E-state index in [2.05, 4.69) is 10.9 Å². The molecule has 1 unspecified atom stereocenters. The number of carbonyl (C=O) groups excluding carboxylic acids is 3. The monoisotopic (exact) mass is 451 g/mol. The van der Waals surface area contributed by atoms with Gasteiger partial charge in [-0.25, -0.2) is 0 Å². The van der Waals surface area contributed by atoms with Crippen molar-refractivity contribution in [2.24, 2.45) is 5.92 Å². The molecule has 2 N–H and O–H groups in total. The second-order valence-electron chi connectivity index (χ2n) is 6.97. The lowest BCUT2D eigenvalue weighted by molar-refractivity contribution is -0.137. The van der Waals surface area contributed by atoms with Gasteiger partial charge in [-0.1, -0.05) is 6.07 Å². The molecule has 0 aromatic heterocycles. The number of ether oxygens (including phenoxy) is 2. The van der Waals surface area contributed by atoms with Crippen LogP contribution in [0.1, 0.15) is 22.3 Å². The van der Waals surface area contributed by atoms with Crippen LogP contribution < -0.4 is 25.2 Å². The fourth-order valence-corrected chi connectivity index (χ4v) is 3.25. The summed E-state index contributed by atoms with van der Waals surface area (Å²) in [7, 11) is 2.86. The van der Waals surface area contributed by atoms with Crippen molar-refractivity contribution in [2.75, 3.05) is 25.7 Å². The van der Waals surface area contributed by atoms with Crippen molar-refractivity contribution < 1.29 is 37.0 Å². The molecule has 8 nitrogen and oxygen atoms in total. The molecular formula is C21H20F3N3O5. The van der Waals surface area contributed by atoms with Crippen molar-refractivity contribution in [3.63, 3.8) is 0 Å². The molecule has 3 rings (SSSR count). The number of nitrogens with one attached hydrogen (secondary N) is 2. The van der Waals surface area contributed by atoms with E-state index in [9.17, 15) is 27.6 Å². The number of hydrogen-bond acceptors (Lipinski definition) is 5. The van der Waals surface area contributed by atoms with E-state index in [-0.39, 0.29) is 24.2 Å². The van der Waals surface area contributed by atoms with E-state index in [1.807, 2.05) is 0 Å². The van der Waals surface area contributed by atoms with Crippen LogP contribution in [0.4, 0.5) is 18.9 Å². The first-order valence-electron chi connectivity index (χ1n) is 9.44. The van der Waals surface area contributed by atoms with E-state index in [0.29, 0.717) is 11.5 Å². The van der Waals surface area contributed by atoms with Crippen LogP contribution in [-0.4, -0.2) is 38.5 Å². The smallest absolute Gasteiger partial charge is 0.416 e. The highest BCUT2D eigenvalue weighted by Crippen LogP contribution is 2.33. The van der Waals surface area contributed by atoms with E-state index in [0.717, 1.165) is 17.0 Å². The topological polar surface area (TPSA) is 97.0 Å². The van der Waals surface area contributed by atoms with Gasteiger partial charge in [-0.3, -0.25) is 25.2 Å². The number of amides is 3. The molecule has 170 valence electrons. The molecule has 0 aliphatic carbocycles. The van der Waals surface area contributed by atoms with Gasteiger partial charge < -0.3 is 14.4 Å². The summed E-state index contributed by atoms with van der Waals surface area (Å²) in [4.78, 5) is 38.1. The Morgan fingerprint density at radius 1 is 1.03 bits per heavy atom. The molecule has 32 heavy (non-hydrogen) atoms. The lowest BCUT2D eigenvalue weighted by Crippen LogP contribution is -2.45. The molecule has 1 aliphatic rings. The van der Waals surface area contributed by atoms with Crippen molar-refractivity contribution in [3.05, 3.63) is 53.6 Å². The highest BCUT2D eigenvalue weighted by atomic mass is 19.4. The molecule has 1 heterocycles. The van der Waals surface area contributed by atoms with Gasteiger partial charge >= 0.3 is 6.18 Å². The molecule has 11 heteroatoms. The number of benzene rings is 2. The number of anilines is 1. The zero-order valence-corrected chi connectivity index (χ0v) is 17.2. The summed E-state index contributed by atoms with van der Waals surface area (Å²) in [6.45, 7) is -0.113. The second-order valence-corrected chi connectivity index (χ2v) is 6.97. The Balaban J connectivity index is 1.62. The summed E-state index contributed by atoms with van der Waals surface area (Å²) in [6, 6.07) is 8.74. The number of halogens is 3. The normalized spacial score (nSPS) is 16.0. The van der Waals surface area contributed by atoms with E-state index in [4.69, 9.17) is 9.47 Å². The zero-order chi connectivity index (χ0) is 23.5. The Morgan fingerprint density at radius 2 is 1.75 bits per heavy atom. The zero-order valence-electron chi connectivity index (χ0n) is 17.2. The molecule has 0 spiro atoms. The van der Waals surface area contributed by atoms with Crippen molar-refractivity contribution in [3.8, 4) is 11.5 Å². The Bertz CT molecular complexity index is 1040. The van der Waals surface area contributed by atoms with E-state index >= 15 is 0 Å². The maximum absolute atomic E-state index is 12.9. The van der Waals surface area contributed by atoms with E-state index in [1.54, 1.807) is 0 Å². The van der Waals surface area contributed by atoms with Crippen molar-refractivity contribution in [1.29, 1.82) is 0 Å². The van der Waals surface area contributed by atoms with Gasteiger partial charge in [-0.05, 0) is 36.4 Å². The third kappa shape index (κ3) is 4.93. The summed E-state index contributed by atoms with van der Waals surface area (Å²) in [5.41, 5.74) is 3.85. The minimum atomic E-state index is -4.55. The fraction of sp³-hybridized carbons (Fsp3) is 0.286. The highest BCUT2D eigenvalue weighted by molar-refractivity contribution is 6.01. The van der Waals surface area contributed by atoms with Crippen LogP contribution in [0.15, 0.2) is 42.5 Å². The fourth-order valence-electron chi connectivity index (χ4n) is 3.25. The molecular weight excluding hydrogens is 431 g/mol. The number of hydrogen-bond donors (Lipinski definition) is 2. The van der Waals surface area contributed by atoms with Crippen LogP contribution >= 0.6 is 0 Å². The number of alkyl halides is 3. The van der Waals surface area contributed by atoms with Crippen molar-refractivity contribution in [2.45, 2.75) is 12.6 Å². The minimum Gasteiger partial charge on any atom is -0.493 e. The Kier molecular flexibility index (Phi) is 6.56. The SMILES string of the molecule is COc1ccc(C(=O)NNC(=O)C2CC(=O)N(c3cccc(C(F)(F)F)c3)C2)cc1OC. The van der Waals surface area contributed by atoms with Gasteiger partial charge in [-0.15, -0.1) is 0 Å². The predicted molar refractivity (Wildman–Crippen MR) is 107 cm³/mol. The van der Waals surface area contributed by atoms with Crippen molar-refractivity contribution in [1.82, 2.24) is 10.9 Å². The highest BCUT2D eigenvalue weighted by Gasteiger charge is 2.37. The number of carbonyl (C=O) groups is 3. The first-order valence-corrected chi connectivity index (χ1v) is 9.44. The standard InChI is InChI=1S/C21H20F3N3O5/c1-31-16-7-6-12(8-17(16)32-2)19(29)25-26-20(30)13-9-18(28)27(11-13)15-5-3-4-14(10-15)21(22,23)24/h3-8,10,13H,9,11H2,1-2H3,(H,25,29)(H,26,30). The van der Waals surface area contributed by atoms with Crippen LogP contribution in [0, 0.1) is 5.92 Å². The van der Waals surface area contributed by atoms with Gasteiger partial charge in [0, 0.05) is 24.2 Å². The number of nitrogens with zero attached hydrogens (tertiary/aromatic N) is 1. The lowest BCUT2D eigenvalue weighted by Gasteiger charge is -2.18. The average molecular weight is 451 g/mol. The van der Waals surface area contributed by atoms with Crippen LogP contribution in [-0.2, 0) is 15.8 Å². The first-order chi connectivity index (χ1) is 15.1. The van der Waals surface area contributed by atoms with Crippen LogP contribution in [0.25, 0.3) is 0 Å².